The molecule has 0 bridgehead atoms. The van der Waals surface area contributed by atoms with Crippen LogP contribution >= 0.6 is 0 Å². The van der Waals surface area contributed by atoms with Crippen molar-refractivity contribution in [2.24, 2.45) is 35.5 Å². The summed E-state index contributed by atoms with van der Waals surface area (Å²) < 4.78 is 0. The lowest BCUT2D eigenvalue weighted by Crippen LogP contribution is -2.15. The van der Waals surface area contributed by atoms with Gasteiger partial charge in [-0.3, -0.25) is 0 Å². The molecule has 3 aliphatic carbocycles. The van der Waals surface area contributed by atoms with E-state index in [2.05, 4.69) is 103 Å². The topological polar surface area (TPSA) is 0 Å². The van der Waals surface area contributed by atoms with Crippen LogP contribution in [0.25, 0.3) is 17.2 Å². The molecule has 5 atom stereocenters. The van der Waals surface area contributed by atoms with Gasteiger partial charge in [-0.2, -0.15) is 0 Å². The van der Waals surface area contributed by atoms with Crippen LogP contribution in [0.3, 0.4) is 0 Å². The second-order valence-electron chi connectivity index (χ2n) is 12.9. The molecule has 2 aromatic rings. The van der Waals surface area contributed by atoms with E-state index in [0.29, 0.717) is 11.8 Å². The first-order valence-electron chi connectivity index (χ1n) is 14.6. The van der Waals surface area contributed by atoms with Crippen molar-refractivity contribution in [2.75, 3.05) is 0 Å². The molecule has 0 heterocycles. The highest BCUT2D eigenvalue weighted by molar-refractivity contribution is 5.80. The summed E-state index contributed by atoms with van der Waals surface area (Å²) >= 11 is 0. The van der Waals surface area contributed by atoms with E-state index in [4.69, 9.17) is 0 Å². The smallest absolute Gasteiger partial charge is 0.00826 e. The second-order valence-corrected chi connectivity index (χ2v) is 12.9. The maximum absolute atomic E-state index is 4.45. The van der Waals surface area contributed by atoms with Crippen LogP contribution in [0.4, 0.5) is 0 Å². The van der Waals surface area contributed by atoms with Gasteiger partial charge in [0, 0.05) is 5.92 Å². The third kappa shape index (κ3) is 5.09. The Morgan fingerprint density at radius 2 is 1.76 bits per heavy atom. The third-order valence-corrected chi connectivity index (χ3v) is 9.92. The number of fused-ring (bicyclic) bond motifs is 1. The SMILES string of the molecule is C=C1C=CC(C)C(=C)C1CC1=Cc2cccc(-c3cc(C)cc(C)c3CC3CC(C(C)C)CC3C)c2C1. The molecule has 0 aliphatic heterocycles. The summed E-state index contributed by atoms with van der Waals surface area (Å²) in [5.41, 5.74) is 14.3. The van der Waals surface area contributed by atoms with E-state index in [9.17, 15) is 0 Å². The number of aryl methyl sites for hydroxylation is 2. The third-order valence-electron chi connectivity index (χ3n) is 9.92. The van der Waals surface area contributed by atoms with E-state index in [0.717, 1.165) is 36.5 Å². The van der Waals surface area contributed by atoms with Crippen LogP contribution in [0, 0.1) is 49.4 Å². The van der Waals surface area contributed by atoms with Crippen molar-refractivity contribution in [3.8, 4) is 11.1 Å². The van der Waals surface area contributed by atoms with Crippen LogP contribution in [0.1, 0.15) is 74.8 Å². The zero-order valence-electron chi connectivity index (χ0n) is 24.0. The molecule has 0 heteroatoms. The Bertz CT molecular complexity index is 1280. The predicted octanol–water partition coefficient (Wildman–Crippen LogP) is 10.1. The molecule has 0 saturated heterocycles. The van der Waals surface area contributed by atoms with Gasteiger partial charge in [-0.05, 0) is 114 Å². The maximum Gasteiger partial charge on any atom is 0.00826 e. The molecule has 5 unspecified atom stereocenters. The molecule has 1 saturated carbocycles. The Morgan fingerprint density at radius 3 is 2.49 bits per heavy atom. The number of hydrogen-bond donors (Lipinski definition) is 0. The van der Waals surface area contributed by atoms with Crippen LogP contribution in [-0.4, -0.2) is 0 Å². The van der Waals surface area contributed by atoms with Crippen molar-refractivity contribution in [3.63, 3.8) is 0 Å². The van der Waals surface area contributed by atoms with Gasteiger partial charge < -0.3 is 0 Å². The van der Waals surface area contributed by atoms with Gasteiger partial charge in [0.1, 0.15) is 0 Å². The molecular weight excluding hydrogens is 444 g/mol. The van der Waals surface area contributed by atoms with Crippen molar-refractivity contribution < 1.29 is 0 Å². The average Bonchev–Trinajstić information content (AvgIpc) is 3.43. The average molecular weight is 491 g/mol. The van der Waals surface area contributed by atoms with Gasteiger partial charge in [-0.25, -0.2) is 0 Å². The molecule has 37 heavy (non-hydrogen) atoms. The first kappa shape index (κ1) is 26.0. The maximum atomic E-state index is 4.45. The highest BCUT2D eigenvalue weighted by atomic mass is 14.4. The summed E-state index contributed by atoms with van der Waals surface area (Å²) in [7, 11) is 0. The fourth-order valence-electron chi connectivity index (χ4n) is 7.39. The molecule has 0 radical (unpaired) electrons. The molecule has 0 spiro atoms. The monoisotopic (exact) mass is 490 g/mol. The zero-order valence-corrected chi connectivity index (χ0v) is 24.0. The van der Waals surface area contributed by atoms with Gasteiger partial charge in [0.15, 0.2) is 0 Å². The Balaban J connectivity index is 1.45. The summed E-state index contributed by atoms with van der Waals surface area (Å²) in [6.45, 7) is 23.0. The summed E-state index contributed by atoms with van der Waals surface area (Å²) in [6.07, 6.45) is 13.0. The summed E-state index contributed by atoms with van der Waals surface area (Å²) in [4.78, 5) is 0. The standard InChI is InChI=1S/C37H46/c1-22(2)31-16-26(6)32(20-31)21-35-27(7)14-23(3)15-37(35)33-11-9-10-30-17-29(19-36(30)33)18-34-25(5)13-12-24(4)28(34)8/h9-15,17,22,24,26,31-32,34H,5,8,16,18-21H2,1-4,6-7H3. The van der Waals surface area contributed by atoms with Gasteiger partial charge in [0.2, 0.25) is 0 Å². The minimum absolute atomic E-state index is 0.360. The van der Waals surface area contributed by atoms with E-state index in [1.165, 1.54) is 69.4 Å². The molecule has 0 aromatic heterocycles. The van der Waals surface area contributed by atoms with Gasteiger partial charge in [-0.15, -0.1) is 0 Å². The van der Waals surface area contributed by atoms with Crippen LogP contribution in [0.2, 0.25) is 0 Å². The van der Waals surface area contributed by atoms with E-state index >= 15 is 0 Å². The van der Waals surface area contributed by atoms with E-state index < -0.39 is 0 Å². The van der Waals surface area contributed by atoms with Gasteiger partial charge >= 0.3 is 0 Å². The van der Waals surface area contributed by atoms with Crippen molar-refractivity contribution in [3.05, 3.63) is 100 Å². The first-order valence-corrected chi connectivity index (χ1v) is 14.6. The largest absolute Gasteiger partial charge is 0.0986 e. The van der Waals surface area contributed by atoms with Gasteiger partial charge in [-0.1, -0.05) is 106 Å². The van der Waals surface area contributed by atoms with Gasteiger partial charge in [0.25, 0.3) is 0 Å². The number of rotatable bonds is 6. The van der Waals surface area contributed by atoms with Crippen molar-refractivity contribution in [1.29, 1.82) is 0 Å². The minimum Gasteiger partial charge on any atom is -0.0986 e. The summed E-state index contributed by atoms with van der Waals surface area (Å²) in [6, 6.07) is 11.8. The normalized spacial score (nSPS) is 27.2. The van der Waals surface area contributed by atoms with Crippen LogP contribution in [0.15, 0.2) is 72.4 Å². The minimum atomic E-state index is 0.360. The van der Waals surface area contributed by atoms with Crippen molar-refractivity contribution in [2.45, 2.75) is 73.6 Å². The Labute approximate surface area is 226 Å². The molecule has 194 valence electrons. The Morgan fingerprint density at radius 1 is 0.973 bits per heavy atom. The number of hydrogen-bond acceptors (Lipinski definition) is 0. The molecule has 1 fully saturated rings. The zero-order chi connectivity index (χ0) is 26.4. The summed E-state index contributed by atoms with van der Waals surface area (Å²) in [5, 5.41) is 0. The molecule has 0 N–H and O–H groups in total. The lowest BCUT2D eigenvalue weighted by atomic mass is 9.77. The molecule has 0 nitrogen and oxygen atoms in total. The lowest BCUT2D eigenvalue weighted by molar-refractivity contribution is 0.378. The molecular formula is C37H46. The number of allylic oxidation sites excluding steroid dienone is 5. The number of benzene rings is 2. The Kier molecular flexibility index (Phi) is 7.23. The first-order chi connectivity index (χ1) is 17.6. The molecule has 2 aromatic carbocycles. The molecule has 0 amide bonds. The van der Waals surface area contributed by atoms with E-state index in [-0.39, 0.29) is 0 Å². The van der Waals surface area contributed by atoms with Gasteiger partial charge in [0.05, 0.1) is 0 Å². The van der Waals surface area contributed by atoms with Crippen molar-refractivity contribution >= 4 is 6.08 Å². The van der Waals surface area contributed by atoms with E-state index in [1.54, 1.807) is 5.56 Å². The fraction of sp³-hybridized carbons (Fsp3) is 0.459. The highest BCUT2D eigenvalue weighted by Gasteiger charge is 2.34. The quantitative estimate of drug-likeness (QED) is 0.353. The Hall–Kier alpha value is -2.60. The van der Waals surface area contributed by atoms with Crippen LogP contribution in [0.5, 0.6) is 0 Å². The van der Waals surface area contributed by atoms with Crippen LogP contribution < -0.4 is 0 Å². The predicted molar refractivity (Wildman–Crippen MR) is 162 cm³/mol. The second kappa shape index (κ2) is 10.3. The van der Waals surface area contributed by atoms with Crippen LogP contribution in [-0.2, 0) is 12.8 Å². The highest BCUT2D eigenvalue weighted by Crippen LogP contribution is 2.45. The molecule has 3 aliphatic rings. The van der Waals surface area contributed by atoms with E-state index in [1.807, 2.05) is 0 Å². The van der Waals surface area contributed by atoms with Crippen molar-refractivity contribution in [1.82, 2.24) is 0 Å². The summed E-state index contributed by atoms with van der Waals surface area (Å²) in [5.74, 6) is 4.06. The fourth-order valence-corrected chi connectivity index (χ4v) is 7.39. The molecule has 5 rings (SSSR count). The lowest BCUT2D eigenvalue weighted by Gasteiger charge is -2.28.